The maximum atomic E-state index is 15.3. The number of carbonyl (C=O) groups excluding carboxylic acids is 1. The number of aliphatic imine (C=N–C) groups is 1. The lowest BCUT2D eigenvalue weighted by Gasteiger charge is -2.29. The standard InChI is InChI=1S/C29H33FN2O3/c1-6-32(28(33)35-29(2,3)4)20-26(34-5)23-17-18-25(24(30)19-23)31-27(21-13-9-7-10-14-21)22-15-11-8-12-16-22/h7-19,26H,6,20H2,1-5H3. The van der Waals surface area contributed by atoms with Crippen LogP contribution in [0.4, 0.5) is 14.9 Å². The molecule has 0 radical (unpaired) electrons. The molecule has 0 fully saturated rings. The molecule has 0 aliphatic heterocycles. The third-order valence-corrected chi connectivity index (χ3v) is 5.37. The molecule has 184 valence electrons. The van der Waals surface area contributed by atoms with E-state index < -0.39 is 23.6 Å². The van der Waals surface area contributed by atoms with E-state index in [4.69, 9.17) is 9.47 Å². The van der Waals surface area contributed by atoms with Gasteiger partial charge in [0.1, 0.15) is 11.4 Å². The van der Waals surface area contributed by atoms with Crippen LogP contribution in [0.3, 0.4) is 0 Å². The molecular weight excluding hydrogens is 443 g/mol. The zero-order valence-electron chi connectivity index (χ0n) is 21.0. The maximum absolute atomic E-state index is 15.3. The van der Waals surface area contributed by atoms with Crippen molar-refractivity contribution in [3.8, 4) is 0 Å². The number of rotatable bonds is 8. The van der Waals surface area contributed by atoms with Gasteiger partial charge in [-0.1, -0.05) is 66.7 Å². The van der Waals surface area contributed by atoms with Crippen LogP contribution in [0.5, 0.6) is 0 Å². The highest BCUT2D eigenvalue weighted by molar-refractivity contribution is 6.13. The summed E-state index contributed by atoms with van der Waals surface area (Å²) < 4.78 is 26.4. The van der Waals surface area contributed by atoms with E-state index in [9.17, 15) is 4.79 Å². The monoisotopic (exact) mass is 476 g/mol. The van der Waals surface area contributed by atoms with Gasteiger partial charge in [0.25, 0.3) is 0 Å². The van der Waals surface area contributed by atoms with Gasteiger partial charge in [-0.3, -0.25) is 0 Å². The Morgan fingerprint density at radius 2 is 1.54 bits per heavy atom. The summed E-state index contributed by atoms with van der Waals surface area (Å²) in [5.41, 5.74) is 2.72. The van der Waals surface area contributed by atoms with Crippen LogP contribution in [-0.2, 0) is 9.47 Å². The molecule has 0 N–H and O–H groups in total. The Labute approximate surface area is 207 Å². The first-order valence-corrected chi connectivity index (χ1v) is 11.7. The van der Waals surface area contributed by atoms with Gasteiger partial charge in [-0.15, -0.1) is 0 Å². The van der Waals surface area contributed by atoms with Gasteiger partial charge in [0.2, 0.25) is 0 Å². The van der Waals surface area contributed by atoms with Gasteiger partial charge < -0.3 is 14.4 Å². The minimum atomic E-state index is -0.603. The van der Waals surface area contributed by atoms with E-state index in [1.165, 1.54) is 6.07 Å². The van der Waals surface area contributed by atoms with Crippen LogP contribution in [0, 0.1) is 5.82 Å². The first-order chi connectivity index (χ1) is 16.7. The fourth-order valence-corrected chi connectivity index (χ4v) is 3.60. The molecule has 0 saturated carbocycles. The molecule has 35 heavy (non-hydrogen) atoms. The number of nitrogens with zero attached hydrogens (tertiary/aromatic N) is 2. The smallest absolute Gasteiger partial charge is 0.410 e. The molecule has 0 aromatic heterocycles. The van der Waals surface area contributed by atoms with Gasteiger partial charge in [-0.2, -0.15) is 0 Å². The van der Waals surface area contributed by atoms with Crippen LogP contribution in [0.2, 0.25) is 0 Å². The summed E-state index contributed by atoms with van der Waals surface area (Å²) in [4.78, 5) is 18.8. The molecule has 3 rings (SSSR count). The minimum absolute atomic E-state index is 0.228. The van der Waals surface area contributed by atoms with Crippen molar-refractivity contribution in [2.45, 2.75) is 39.4 Å². The van der Waals surface area contributed by atoms with Gasteiger partial charge in [-0.05, 0) is 45.4 Å². The van der Waals surface area contributed by atoms with Crippen LogP contribution in [-0.4, -0.2) is 42.5 Å². The fourth-order valence-electron chi connectivity index (χ4n) is 3.60. The van der Waals surface area contributed by atoms with Gasteiger partial charge in [0.05, 0.1) is 24.0 Å². The molecule has 1 unspecified atom stereocenters. The summed E-state index contributed by atoms with van der Waals surface area (Å²) in [5, 5.41) is 0. The lowest BCUT2D eigenvalue weighted by atomic mass is 10.0. The van der Waals surface area contributed by atoms with Crippen LogP contribution in [0.25, 0.3) is 0 Å². The molecule has 0 aliphatic rings. The summed E-state index contributed by atoms with van der Waals surface area (Å²) in [7, 11) is 1.54. The minimum Gasteiger partial charge on any atom is -0.444 e. The summed E-state index contributed by atoms with van der Waals surface area (Å²) >= 11 is 0. The number of hydrogen-bond donors (Lipinski definition) is 0. The Balaban J connectivity index is 1.89. The van der Waals surface area contributed by atoms with Gasteiger partial charge >= 0.3 is 6.09 Å². The van der Waals surface area contributed by atoms with Crippen molar-refractivity contribution in [1.82, 2.24) is 4.90 Å². The second-order valence-electron chi connectivity index (χ2n) is 9.15. The fraction of sp³-hybridized carbons (Fsp3) is 0.310. The highest BCUT2D eigenvalue weighted by atomic mass is 19.1. The lowest BCUT2D eigenvalue weighted by Crippen LogP contribution is -2.39. The molecule has 3 aromatic rings. The lowest BCUT2D eigenvalue weighted by molar-refractivity contribution is 0.00906. The van der Waals surface area contributed by atoms with E-state index in [1.54, 1.807) is 24.1 Å². The number of ether oxygens (including phenoxy) is 2. The van der Waals surface area contributed by atoms with Crippen LogP contribution in [0.1, 0.15) is 50.5 Å². The SMILES string of the molecule is CCN(CC(OC)c1ccc(N=C(c2ccccc2)c2ccccc2)c(F)c1)C(=O)OC(C)(C)C. The number of benzene rings is 3. The molecular formula is C29H33FN2O3. The predicted molar refractivity (Wildman–Crippen MR) is 138 cm³/mol. The molecule has 0 bridgehead atoms. The Bertz CT molecular complexity index is 1100. The van der Waals surface area contributed by atoms with Crippen LogP contribution in [0.15, 0.2) is 83.9 Å². The van der Waals surface area contributed by atoms with Crippen molar-refractivity contribution in [2.24, 2.45) is 4.99 Å². The molecule has 0 saturated heterocycles. The molecule has 5 nitrogen and oxygen atoms in total. The van der Waals surface area contributed by atoms with Gasteiger partial charge in [-0.25, -0.2) is 14.2 Å². The summed E-state index contributed by atoms with van der Waals surface area (Å²) in [6.07, 6.45) is -0.947. The van der Waals surface area contributed by atoms with Crippen molar-refractivity contribution < 1.29 is 18.7 Å². The third kappa shape index (κ3) is 7.23. The number of hydrogen-bond acceptors (Lipinski definition) is 4. The average molecular weight is 477 g/mol. The number of methoxy groups -OCH3 is 1. The van der Waals surface area contributed by atoms with Crippen molar-refractivity contribution in [1.29, 1.82) is 0 Å². The third-order valence-electron chi connectivity index (χ3n) is 5.37. The largest absolute Gasteiger partial charge is 0.444 e. The Hall–Kier alpha value is -3.51. The Morgan fingerprint density at radius 1 is 0.971 bits per heavy atom. The van der Waals surface area contributed by atoms with E-state index >= 15 is 4.39 Å². The van der Waals surface area contributed by atoms with E-state index in [0.717, 1.165) is 11.1 Å². The molecule has 0 heterocycles. The number of carbonyl (C=O) groups is 1. The van der Waals surface area contributed by atoms with E-state index in [1.807, 2.05) is 88.4 Å². The quantitative estimate of drug-likeness (QED) is 0.331. The summed E-state index contributed by atoms with van der Waals surface area (Å²) in [6.45, 7) is 8.01. The molecule has 0 spiro atoms. The van der Waals surface area contributed by atoms with Gasteiger partial charge in [0, 0.05) is 24.8 Å². The van der Waals surface area contributed by atoms with Crippen molar-refractivity contribution >= 4 is 17.5 Å². The van der Waals surface area contributed by atoms with E-state index in [2.05, 4.69) is 4.99 Å². The zero-order chi connectivity index (χ0) is 25.4. The number of amides is 1. The van der Waals surface area contributed by atoms with E-state index in [0.29, 0.717) is 17.8 Å². The molecule has 0 aliphatic carbocycles. The predicted octanol–water partition coefficient (Wildman–Crippen LogP) is 6.94. The van der Waals surface area contributed by atoms with Crippen molar-refractivity contribution in [2.75, 3.05) is 20.2 Å². The second kappa shape index (κ2) is 11.8. The first-order valence-electron chi connectivity index (χ1n) is 11.7. The molecule has 1 amide bonds. The summed E-state index contributed by atoms with van der Waals surface area (Å²) in [5.74, 6) is -0.464. The van der Waals surface area contributed by atoms with Crippen molar-refractivity contribution in [3.63, 3.8) is 0 Å². The zero-order valence-corrected chi connectivity index (χ0v) is 21.0. The Kier molecular flexibility index (Phi) is 8.77. The topological polar surface area (TPSA) is 51.1 Å². The maximum Gasteiger partial charge on any atom is 0.410 e. The first kappa shape index (κ1) is 26.1. The molecule has 3 aromatic carbocycles. The van der Waals surface area contributed by atoms with Crippen molar-refractivity contribution in [3.05, 3.63) is 101 Å². The Morgan fingerprint density at radius 3 is 2.00 bits per heavy atom. The highest BCUT2D eigenvalue weighted by Gasteiger charge is 2.25. The number of halogens is 1. The van der Waals surface area contributed by atoms with E-state index in [-0.39, 0.29) is 12.2 Å². The molecule has 1 atom stereocenters. The highest BCUT2D eigenvalue weighted by Crippen LogP contribution is 2.27. The van der Waals surface area contributed by atoms with Crippen LogP contribution >= 0.6 is 0 Å². The molecule has 6 heteroatoms. The summed E-state index contributed by atoms with van der Waals surface area (Å²) in [6, 6.07) is 24.3. The second-order valence-corrected chi connectivity index (χ2v) is 9.15. The average Bonchev–Trinajstić information content (AvgIpc) is 2.84. The normalized spacial score (nSPS) is 12.1. The van der Waals surface area contributed by atoms with Crippen LogP contribution < -0.4 is 0 Å². The van der Waals surface area contributed by atoms with Gasteiger partial charge in [0.15, 0.2) is 0 Å². The number of likely N-dealkylation sites (N-methyl/N-ethyl adjacent to an activating group) is 1.